The van der Waals surface area contributed by atoms with Crippen LogP contribution in [0.3, 0.4) is 0 Å². The quantitative estimate of drug-likeness (QED) is 0.431. The van der Waals surface area contributed by atoms with Gasteiger partial charge >= 0.3 is 0 Å². The number of furan rings is 1. The number of nitrogens with one attached hydrogen (secondary N) is 1. The van der Waals surface area contributed by atoms with Gasteiger partial charge in [-0.25, -0.2) is 5.43 Å². The van der Waals surface area contributed by atoms with Crippen LogP contribution in [0.25, 0.3) is 11.3 Å². The van der Waals surface area contributed by atoms with E-state index in [2.05, 4.69) is 15.5 Å². The van der Waals surface area contributed by atoms with E-state index in [1.807, 2.05) is 6.92 Å². The van der Waals surface area contributed by atoms with Crippen LogP contribution in [-0.2, 0) is 0 Å². The highest BCUT2D eigenvalue weighted by Crippen LogP contribution is 2.28. The average molecular weight is 350 g/mol. The topological polar surface area (TPSA) is 111 Å². The lowest BCUT2D eigenvalue weighted by atomic mass is 10.1. The van der Waals surface area contributed by atoms with Crippen LogP contribution in [0.2, 0.25) is 0 Å². The van der Waals surface area contributed by atoms with E-state index in [9.17, 15) is 14.9 Å². The lowest BCUT2D eigenvalue weighted by Gasteiger charge is -2.02. The van der Waals surface area contributed by atoms with Crippen LogP contribution in [0, 0.1) is 17.0 Å². The maximum atomic E-state index is 11.8. The minimum Gasteiger partial charge on any atom is -0.455 e. The summed E-state index contributed by atoms with van der Waals surface area (Å²) in [6.45, 7) is 1.84. The third kappa shape index (κ3) is 3.81. The molecule has 0 saturated carbocycles. The molecule has 0 aliphatic rings. The fourth-order valence-corrected chi connectivity index (χ4v) is 2.27. The number of hydrogen-bond acceptors (Lipinski definition) is 6. The molecule has 0 spiro atoms. The Balaban J connectivity index is 1.73. The highest BCUT2D eigenvalue weighted by molar-refractivity contribution is 5.94. The van der Waals surface area contributed by atoms with Gasteiger partial charge in [-0.1, -0.05) is 6.07 Å². The molecular weight excluding hydrogens is 336 g/mol. The SMILES string of the molecule is Cc1ccc([N+](=O)[O-])cc1-c1ccc(/C=N/NC(=O)c2cccnc2)o1. The summed E-state index contributed by atoms with van der Waals surface area (Å²) in [5.74, 6) is 0.485. The predicted molar refractivity (Wildman–Crippen MR) is 94.8 cm³/mol. The van der Waals surface area contributed by atoms with Gasteiger partial charge in [0.2, 0.25) is 0 Å². The number of aromatic nitrogens is 1. The summed E-state index contributed by atoms with van der Waals surface area (Å²) in [5, 5.41) is 14.8. The van der Waals surface area contributed by atoms with E-state index in [1.54, 1.807) is 36.5 Å². The second kappa shape index (κ2) is 7.39. The molecule has 0 aliphatic carbocycles. The molecule has 3 rings (SSSR count). The first-order valence-electron chi connectivity index (χ1n) is 7.63. The number of rotatable bonds is 5. The number of nitro groups is 1. The molecule has 2 heterocycles. The lowest BCUT2D eigenvalue weighted by molar-refractivity contribution is -0.384. The van der Waals surface area contributed by atoms with Crippen molar-refractivity contribution in [2.24, 2.45) is 5.10 Å². The number of carbonyl (C=O) groups excluding carboxylic acids is 1. The third-order valence-electron chi connectivity index (χ3n) is 3.61. The van der Waals surface area contributed by atoms with Crippen LogP contribution in [0.1, 0.15) is 21.7 Å². The largest absolute Gasteiger partial charge is 0.455 e. The van der Waals surface area contributed by atoms with E-state index < -0.39 is 10.8 Å². The van der Waals surface area contributed by atoms with Gasteiger partial charge in [0.05, 0.1) is 16.7 Å². The van der Waals surface area contributed by atoms with E-state index >= 15 is 0 Å². The molecule has 0 radical (unpaired) electrons. The van der Waals surface area contributed by atoms with Crippen LogP contribution in [0.5, 0.6) is 0 Å². The number of hydrogen-bond donors (Lipinski definition) is 1. The van der Waals surface area contributed by atoms with Crippen molar-refractivity contribution in [1.82, 2.24) is 10.4 Å². The van der Waals surface area contributed by atoms with Crippen LogP contribution < -0.4 is 5.43 Å². The maximum absolute atomic E-state index is 11.8. The molecule has 1 N–H and O–H groups in total. The molecule has 0 aliphatic heterocycles. The molecule has 3 aromatic rings. The summed E-state index contributed by atoms with van der Waals surface area (Å²) in [7, 11) is 0. The normalized spacial score (nSPS) is 10.8. The van der Waals surface area contributed by atoms with Crippen molar-refractivity contribution in [1.29, 1.82) is 0 Å². The Morgan fingerprint density at radius 2 is 2.15 bits per heavy atom. The van der Waals surface area contributed by atoms with Gasteiger partial charge in [-0.15, -0.1) is 0 Å². The summed E-state index contributed by atoms with van der Waals surface area (Å²) in [5.41, 5.74) is 4.22. The molecule has 130 valence electrons. The summed E-state index contributed by atoms with van der Waals surface area (Å²) >= 11 is 0. The van der Waals surface area contributed by atoms with Crippen molar-refractivity contribution < 1.29 is 14.1 Å². The lowest BCUT2D eigenvalue weighted by Crippen LogP contribution is -2.17. The smallest absolute Gasteiger partial charge is 0.272 e. The summed E-state index contributed by atoms with van der Waals surface area (Å²) in [6, 6.07) is 11.2. The number of carbonyl (C=O) groups is 1. The number of aryl methyl sites for hydroxylation is 1. The van der Waals surface area contributed by atoms with Crippen molar-refractivity contribution in [3.8, 4) is 11.3 Å². The first kappa shape index (κ1) is 17.0. The fourth-order valence-electron chi connectivity index (χ4n) is 2.27. The van der Waals surface area contributed by atoms with Crippen molar-refractivity contribution in [3.05, 3.63) is 81.9 Å². The first-order valence-corrected chi connectivity index (χ1v) is 7.63. The highest BCUT2D eigenvalue weighted by atomic mass is 16.6. The number of benzene rings is 1. The van der Waals surface area contributed by atoms with E-state index in [-0.39, 0.29) is 5.69 Å². The maximum Gasteiger partial charge on any atom is 0.272 e. The molecule has 0 atom stereocenters. The van der Waals surface area contributed by atoms with Gasteiger partial charge in [0.15, 0.2) is 0 Å². The Kier molecular flexibility index (Phi) is 4.84. The summed E-state index contributed by atoms with van der Waals surface area (Å²) in [6.07, 6.45) is 4.35. The molecule has 0 unspecified atom stereocenters. The predicted octanol–water partition coefficient (Wildman–Crippen LogP) is 3.32. The van der Waals surface area contributed by atoms with E-state index in [1.165, 1.54) is 24.5 Å². The Labute approximate surface area is 148 Å². The van der Waals surface area contributed by atoms with E-state index in [0.29, 0.717) is 22.6 Å². The number of nitrogens with zero attached hydrogens (tertiary/aromatic N) is 3. The Morgan fingerprint density at radius 3 is 2.88 bits per heavy atom. The fraction of sp³-hybridized carbons (Fsp3) is 0.0556. The third-order valence-corrected chi connectivity index (χ3v) is 3.61. The molecule has 1 aromatic carbocycles. The molecule has 8 nitrogen and oxygen atoms in total. The molecule has 26 heavy (non-hydrogen) atoms. The average Bonchev–Trinajstić information content (AvgIpc) is 3.11. The Morgan fingerprint density at radius 1 is 1.31 bits per heavy atom. The number of nitro benzene ring substituents is 1. The molecule has 2 aromatic heterocycles. The van der Waals surface area contributed by atoms with Crippen molar-refractivity contribution in [2.45, 2.75) is 6.92 Å². The number of non-ortho nitro benzene ring substituents is 1. The zero-order valence-electron chi connectivity index (χ0n) is 13.7. The van der Waals surface area contributed by atoms with E-state index in [0.717, 1.165) is 5.56 Å². The van der Waals surface area contributed by atoms with Gasteiger partial charge in [0.1, 0.15) is 11.5 Å². The second-order valence-corrected chi connectivity index (χ2v) is 5.40. The van der Waals surface area contributed by atoms with Gasteiger partial charge in [0, 0.05) is 30.1 Å². The zero-order chi connectivity index (χ0) is 18.5. The monoisotopic (exact) mass is 350 g/mol. The van der Waals surface area contributed by atoms with Gasteiger partial charge in [-0.05, 0) is 36.8 Å². The Hall–Kier alpha value is -3.81. The summed E-state index contributed by atoms with van der Waals surface area (Å²) < 4.78 is 5.64. The molecule has 0 bridgehead atoms. The Bertz CT molecular complexity index is 980. The molecule has 0 fully saturated rings. The first-order chi connectivity index (χ1) is 12.5. The minimum absolute atomic E-state index is 0.0130. The number of pyridine rings is 1. The van der Waals surface area contributed by atoms with Gasteiger partial charge in [0.25, 0.3) is 11.6 Å². The van der Waals surface area contributed by atoms with Crippen LogP contribution in [0.4, 0.5) is 5.69 Å². The zero-order valence-corrected chi connectivity index (χ0v) is 13.7. The van der Waals surface area contributed by atoms with Crippen LogP contribution in [-0.4, -0.2) is 22.0 Å². The van der Waals surface area contributed by atoms with E-state index in [4.69, 9.17) is 4.42 Å². The van der Waals surface area contributed by atoms with Gasteiger partial charge in [-0.3, -0.25) is 19.9 Å². The van der Waals surface area contributed by atoms with Gasteiger partial charge < -0.3 is 4.42 Å². The van der Waals surface area contributed by atoms with Crippen molar-refractivity contribution >= 4 is 17.8 Å². The van der Waals surface area contributed by atoms with Crippen molar-refractivity contribution in [2.75, 3.05) is 0 Å². The molecule has 8 heteroatoms. The van der Waals surface area contributed by atoms with Crippen LogP contribution in [0.15, 0.2) is 64.4 Å². The molecular formula is C18H14N4O4. The highest BCUT2D eigenvalue weighted by Gasteiger charge is 2.13. The van der Waals surface area contributed by atoms with Crippen molar-refractivity contribution in [3.63, 3.8) is 0 Å². The van der Waals surface area contributed by atoms with Gasteiger partial charge in [-0.2, -0.15) is 5.10 Å². The second-order valence-electron chi connectivity index (χ2n) is 5.40. The molecule has 1 amide bonds. The number of amides is 1. The standard InChI is InChI=1S/C18H14N4O4/c1-12-4-5-14(22(24)25)9-16(12)17-7-6-15(26-17)11-20-21-18(23)13-3-2-8-19-10-13/h2-11H,1H3,(H,21,23)/b20-11+. The molecule has 0 saturated heterocycles. The van der Waals surface area contributed by atoms with Crippen LogP contribution >= 0.6 is 0 Å². The minimum atomic E-state index is -0.456. The number of hydrazone groups is 1. The summed E-state index contributed by atoms with van der Waals surface area (Å²) in [4.78, 5) is 26.2.